The molecule has 0 spiro atoms. The number of carbonyl (C=O) groups is 2. The molecule has 1 aromatic carbocycles. The molecule has 0 saturated carbocycles. The van der Waals surface area contributed by atoms with Gasteiger partial charge in [-0.05, 0) is 49.6 Å². The molecule has 8 heteroatoms. The first-order valence-electron chi connectivity index (χ1n) is 9.37. The lowest BCUT2D eigenvalue weighted by atomic mass is 10.1. The third-order valence-electron chi connectivity index (χ3n) is 5.12. The number of aromatic nitrogens is 2. The van der Waals surface area contributed by atoms with E-state index in [0.29, 0.717) is 48.1 Å². The number of carbonyl (C=O) groups excluding carboxylic acids is 2. The van der Waals surface area contributed by atoms with Crippen LogP contribution in [0.5, 0.6) is 0 Å². The highest BCUT2D eigenvalue weighted by Crippen LogP contribution is 2.28. The molecule has 1 N–H and O–H groups in total. The van der Waals surface area contributed by atoms with Gasteiger partial charge in [0.15, 0.2) is 0 Å². The number of rotatable bonds is 7. The maximum Gasteiger partial charge on any atom is 0.242 e. The minimum Gasteiger partial charge on any atom is -0.499 e. The zero-order valence-corrected chi connectivity index (χ0v) is 17.8. The summed E-state index contributed by atoms with van der Waals surface area (Å²) in [5.74, 6) is 1.11. The van der Waals surface area contributed by atoms with Crippen LogP contribution in [-0.2, 0) is 20.9 Å². The number of benzene rings is 1. The minimum absolute atomic E-state index is 0.110. The van der Waals surface area contributed by atoms with Gasteiger partial charge in [0.1, 0.15) is 18.1 Å². The zero-order chi connectivity index (χ0) is 21.1. The third kappa shape index (κ3) is 4.62. The van der Waals surface area contributed by atoms with E-state index in [1.807, 2.05) is 19.9 Å². The Morgan fingerprint density at radius 1 is 1.31 bits per heavy atom. The van der Waals surface area contributed by atoms with E-state index in [1.165, 1.54) is 20.9 Å². The van der Waals surface area contributed by atoms with Gasteiger partial charge in [-0.15, -0.1) is 0 Å². The van der Waals surface area contributed by atoms with Gasteiger partial charge >= 0.3 is 0 Å². The Hall–Kier alpha value is -2.80. The van der Waals surface area contributed by atoms with Crippen LogP contribution in [0.15, 0.2) is 34.7 Å². The molecule has 2 amide bonds. The number of hydrogen-bond acceptors (Lipinski definition) is 4. The summed E-state index contributed by atoms with van der Waals surface area (Å²) in [4.78, 5) is 35.1. The number of amides is 2. The maximum absolute atomic E-state index is 12.7. The molecule has 0 aliphatic heterocycles. The van der Waals surface area contributed by atoms with E-state index in [2.05, 4.69) is 16.0 Å². The Kier molecular flexibility index (Phi) is 6.27. The number of likely N-dealkylation sites (N-methyl/N-ethyl adjacent to an activating group) is 1. The van der Waals surface area contributed by atoms with E-state index in [1.54, 1.807) is 20.2 Å². The SMILES string of the molecule is COC1=C(N(C=O)CC(=O)N(C)Cc2nc3cc(C)c(C)cc3[nH]2)C=C(Cl)CC1. The Bertz CT molecular complexity index is 970. The number of nitrogens with one attached hydrogen (secondary N) is 1. The van der Waals surface area contributed by atoms with Gasteiger partial charge in [-0.1, -0.05) is 11.6 Å². The number of aromatic amines is 1. The van der Waals surface area contributed by atoms with Crippen molar-refractivity contribution in [3.8, 4) is 0 Å². The smallest absolute Gasteiger partial charge is 0.242 e. The number of nitrogens with zero attached hydrogens (tertiary/aromatic N) is 3. The Labute approximate surface area is 175 Å². The summed E-state index contributed by atoms with van der Waals surface area (Å²) in [7, 11) is 3.23. The number of allylic oxidation sites excluding steroid dienone is 3. The quantitative estimate of drug-likeness (QED) is 0.702. The van der Waals surface area contributed by atoms with Crippen molar-refractivity contribution in [2.24, 2.45) is 0 Å². The average Bonchev–Trinajstić information content (AvgIpc) is 3.06. The van der Waals surface area contributed by atoms with Crippen LogP contribution < -0.4 is 0 Å². The molecular formula is C21H25ClN4O3. The summed E-state index contributed by atoms with van der Waals surface area (Å²) < 4.78 is 5.36. The second kappa shape index (κ2) is 8.69. The van der Waals surface area contributed by atoms with Crippen molar-refractivity contribution < 1.29 is 14.3 Å². The third-order valence-corrected chi connectivity index (χ3v) is 5.42. The fourth-order valence-corrected chi connectivity index (χ4v) is 3.47. The van der Waals surface area contributed by atoms with Gasteiger partial charge in [0.2, 0.25) is 12.3 Å². The molecule has 2 aromatic rings. The molecule has 1 aliphatic carbocycles. The molecule has 0 unspecified atom stereocenters. The number of hydrogen-bond donors (Lipinski definition) is 1. The van der Waals surface area contributed by atoms with E-state index < -0.39 is 0 Å². The first-order chi connectivity index (χ1) is 13.8. The van der Waals surface area contributed by atoms with E-state index in [4.69, 9.17) is 16.3 Å². The van der Waals surface area contributed by atoms with Gasteiger partial charge < -0.3 is 19.5 Å². The predicted molar refractivity (Wildman–Crippen MR) is 112 cm³/mol. The number of H-pyrrole nitrogens is 1. The molecule has 1 aliphatic rings. The maximum atomic E-state index is 12.7. The molecule has 29 heavy (non-hydrogen) atoms. The summed E-state index contributed by atoms with van der Waals surface area (Å²) in [5, 5.41) is 0.626. The van der Waals surface area contributed by atoms with Crippen LogP contribution in [0.25, 0.3) is 11.0 Å². The lowest BCUT2D eigenvalue weighted by Crippen LogP contribution is -2.37. The van der Waals surface area contributed by atoms with Crippen molar-refractivity contribution in [1.29, 1.82) is 0 Å². The number of aryl methyl sites for hydroxylation is 2. The topological polar surface area (TPSA) is 78.5 Å². The Morgan fingerprint density at radius 3 is 2.72 bits per heavy atom. The molecule has 3 rings (SSSR count). The molecular weight excluding hydrogens is 392 g/mol. The molecule has 7 nitrogen and oxygen atoms in total. The van der Waals surface area contributed by atoms with Crippen LogP contribution in [0, 0.1) is 13.8 Å². The predicted octanol–water partition coefficient (Wildman–Crippen LogP) is 3.37. The van der Waals surface area contributed by atoms with Crippen LogP contribution in [0.1, 0.15) is 29.8 Å². The van der Waals surface area contributed by atoms with Gasteiger partial charge in [0, 0.05) is 18.5 Å². The Balaban J connectivity index is 1.72. The van der Waals surface area contributed by atoms with Gasteiger partial charge in [0.05, 0.1) is 30.4 Å². The van der Waals surface area contributed by atoms with Crippen molar-refractivity contribution in [2.45, 2.75) is 33.2 Å². The number of methoxy groups -OCH3 is 1. The van der Waals surface area contributed by atoms with Crippen LogP contribution in [-0.4, -0.2) is 52.8 Å². The minimum atomic E-state index is -0.219. The van der Waals surface area contributed by atoms with Gasteiger partial charge in [-0.3, -0.25) is 9.59 Å². The van der Waals surface area contributed by atoms with Crippen molar-refractivity contribution in [1.82, 2.24) is 19.8 Å². The number of fused-ring (bicyclic) bond motifs is 1. The average molecular weight is 417 g/mol. The summed E-state index contributed by atoms with van der Waals surface area (Å²) in [6.45, 7) is 4.29. The largest absolute Gasteiger partial charge is 0.499 e. The summed E-state index contributed by atoms with van der Waals surface area (Å²) >= 11 is 6.12. The van der Waals surface area contributed by atoms with Crippen LogP contribution in [0.4, 0.5) is 0 Å². The van der Waals surface area contributed by atoms with Gasteiger partial charge in [0.25, 0.3) is 0 Å². The normalized spacial score (nSPS) is 14.0. The summed E-state index contributed by atoms with van der Waals surface area (Å²) in [6, 6.07) is 4.08. The molecule has 0 atom stereocenters. The van der Waals surface area contributed by atoms with Crippen molar-refractivity contribution in [3.63, 3.8) is 0 Å². The standard InChI is InChI=1S/C21H25ClN4O3/c1-13-7-16-17(8-14(13)2)24-20(23-16)10-25(3)21(28)11-26(12-27)18-9-15(22)5-6-19(18)29-4/h7-9,12H,5-6,10-11H2,1-4H3,(H,23,24). The van der Waals surface area contributed by atoms with Crippen molar-refractivity contribution in [3.05, 3.63) is 51.6 Å². The monoisotopic (exact) mass is 416 g/mol. The lowest BCUT2D eigenvalue weighted by molar-refractivity contribution is -0.134. The van der Waals surface area contributed by atoms with Crippen molar-refractivity contribution >= 4 is 35.0 Å². The molecule has 0 radical (unpaired) electrons. The number of ether oxygens (including phenoxy) is 1. The molecule has 0 saturated heterocycles. The molecule has 1 heterocycles. The van der Waals surface area contributed by atoms with Crippen LogP contribution >= 0.6 is 11.6 Å². The highest BCUT2D eigenvalue weighted by Gasteiger charge is 2.22. The fourth-order valence-electron chi connectivity index (χ4n) is 3.27. The highest BCUT2D eigenvalue weighted by molar-refractivity contribution is 6.29. The number of imidazole rings is 1. The first-order valence-corrected chi connectivity index (χ1v) is 9.75. The lowest BCUT2D eigenvalue weighted by Gasteiger charge is -2.26. The van der Waals surface area contributed by atoms with Crippen LogP contribution in [0.3, 0.4) is 0 Å². The second-order valence-corrected chi connectivity index (χ2v) is 7.71. The number of halogens is 1. The van der Waals surface area contributed by atoms with E-state index >= 15 is 0 Å². The van der Waals surface area contributed by atoms with Gasteiger partial charge in [-0.25, -0.2) is 4.98 Å². The Morgan fingerprint density at radius 2 is 2.03 bits per heavy atom. The van der Waals surface area contributed by atoms with Gasteiger partial charge in [-0.2, -0.15) is 0 Å². The van der Waals surface area contributed by atoms with E-state index in [0.717, 1.165) is 11.0 Å². The van der Waals surface area contributed by atoms with E-state index in [-0.39, 0.29) is 12.5 Å². The second-order valence-electron chi connectivity index (χ2n) is 7.22. The summed E-state index contributed by atoms with van der Waals surface area (Å²) in [6.07, 6.45) is 3.54. The summed E-state index contributed by atoms with van der Waals surface area (Å²) in [5.41, 5.74) is 4.68. The molecule has 0 bridgehead atoms. The van der Waals surface area contributed by atoms with Crippen LogP contribution in [0.2, 0.25) is 0 Å². The molecule has 154 valence electrons. The molecule has 1 aromatic heterocycles. The first kappa shape index (κ1) is 20.9. The highest BCUT2D eigenvalue weighted by atomic mass is 35.5. The zero-order valence-electron chi connectivity index (χ0n) is 17.1. The molecule has 0 fully saturated rings. The van der Waals surface area contributed by atoms with Crippen molar-refractivity contribution in [2.75, 3.05) is 20.7 Å². The fraction of sp³-hybridized carbons (Fsp3) is 0.381. The van der Waals surface area contributed by atoms with E-state index in [9.17, 15) is 9.59 Å².